The van der Waals surface area contributed by atoms with Crippen molar-refractivity contribution in [1.29, 1.82) is 0 Å². The smallest absolute Gasteiger partial charge is 0.328 e. The molecule has 3 aromatic rings. The number of likely N-dealkylation sites (tertiary alicyclic amines) is 1. The number of piperidine rings is 1. The van der Waals surface area contributed by atoms with E-state index in [1.54, 1.807) is 34.1 Å². The molecule has 0 unspecified atom stereocenters. The van der Waals surface area contributed by atoms with Crippen molar-refractivity contribution < 1.29 is 4.79 Å². The molecule has 1 aliphatic heterocycles. The van der Waals surface area contributed by atoms with E-state index >= 15 is 0 Å². The zero-order valence-corrected chi connectivity index (χ0v) is 17.0. The molecular formula is C20H27N7O2. The number of aryl methyl sites for hydroxylation is 2. The number of nitrogens with zero attached hydrogens (tertiary/aromatic N) is 6. The van der Waals surface area contributed by atoms with Gasteiger partial charge in [0.05, 0.1) is 23.8 Å². The van der Waals surface area contributed by atoms with E-state index in [2.05, 4.69) is 20.5 Å². The van der Waals surface area contributed by atoms with Crippen molar-refractivity contribution in [2.45, 2.75) is 32.4 Å². The van der Waals surface area contributed by atoms with Crippen LogP contribution in [0.15, 0.2) is 29.2 Å². The van der Waals surface area contributed by atoms with Crippen molar-refractivity contribution in [3.05, 3.63) is 46.1 Å². The highest BCUT2D eigenvalue weighted by atomic mass is 16.2. The van der Waals surface area contributed by atoms with Crippen molar-refractivity contribution in [2.24, 2.45) is 14.1 Å². The fourth-order valence-corrected chi connectivity index (χ4v) is 3.87. The maximum Gasteiger partial charge on any atom is 0.328 e. The first-order valence-electron chi connectivity index (χ1n) is 10.1. The summed E-state index contributed by atoms with van der Waals surface area (Å²) in [6, 6.07) is 5.74. The summed E-state index contributed by atoms with van der Waals surface area (Å²) in [5.41, 5.74) is 2.88. The number of hydrogen-bond donors (Lipinski definition) is 1. The Labute approximate surface area is 168 Å². The van der Waals surface area contributed by atoms with E-state index in [4.69, 9.17) is 0 Å². The Bertz CT molecular complexity index is 1070. The first-order chi connectivity index (χ1) is 14.0. The molecule has 4 rings (SSSR count). The van der Waals surface area contributed by atoms with E-state index in [1.807, 2.05) is 18.2 Å². The van der Waals surface area contributed by atoms with Crippen molar-refractivity contribution >= 4 is 16.9 Å². The van der Waals surface area contributed by atoms with Crippen LogP contribution in [0.2, 0.25) is 0 Å². The molecule has 29 heavy (non-hydrogen) atoms. The van der Waals surface area contributed by atoms with Crippen LogP contribution in [0, 0.1) is 0 Å². The largest absolute Gasteiger partial charge is 0.347 e. The number of benzene rings is 1. The van der Waals surface area contributed by atoms with Gasteiger partial charge in [-0.25, -0.2) is 4.79 Å². The molecule has 1 aliphatic rings. The molecule has 0 spiro atoms. The van der Waals surface area contributed by atoms with Crippen LogP contribution in [-0.4, -0.2) is 54.6 Å². The molecule has 0 aliphatic carbocycles. The lowest BCUT2D eigenvalue weighted by atomic mass is 10.1. The monoisotopic (exact) mass is 397 g/mol. The van der Waals surface area contributed by atoms with Gasteiger partial charge in [-0.05, 0) is 43.6 Å². The fourth-order valence-electron chi connectivity index (χ4n) is 3.87. The highest BCUT2D eigenvalue weighted by Crippen LogP contribution is 2.14. The maximum absolute atomic E-state index is 12.4. The first-order valence-corrected chi connectivity index (χ1v) is 10.1. The van der Waals surface area contributed by atoms with Crippen LogP contribution in [0.5, 0.6) is 0 Å². The van der Waals surface area contributed by atoms with E-state index in [0.717, 1.165) is 42.8 Å². The number of carbonyl (C=O) groups is 1. The quantitative estimate of drug-likeness (QED) is 0.667. The summed E-state index contributed by atoms with van der Waals surface area (Å²) in [6.07, 6.45) is 5.53. The van der Waals surface area contributed by atoms with Gasteiger partial charge in [-0.1, -0.05) is 17.7 Å². The molecule has 2 aromatic heterocycles. The third-order valence-corrected chi connectivity index (χ3v) is 5.65. The van der Waals surface area contributed by atoms with Crippen LogP contribution in [0.4, 0.5) is 0 Å². The number of imidazole rings is 1. The Hall–Kier alpha value is -2.94. The van der Waals surface area contributed by atoms with Crippen molar-refractivity contribution in [3.63, 3.8) is 0 Å². The maximum atomic E-state index is 12.4. The van der Waals surface area contributed by atoms with Gasteiger partial charge in [-0.3, -0.25) is 18.6 Å². The Morgan fingerprint density at radius 3 is 2.62 bits per heavy atom. The number of carbonyl (C=O) groups excluding carboxylic acids is 1. The van der Waals surface area contributed by atoms with Gasteiger partial charge in [0.1, 0.15) is 0 Å². The zero-order valence-electron chi connectivity index (χ0n) is 17.0. The Balaban J connectivity index is 1.35. The summed E-state index contributed by atoms with van der Waals surface area (Å²) < 4.78 is 4.95. The van der Waals surface area contributed by atoms with E-state index in [0.29, 0.717) is 12.2 Å². The van der Waals surface area contributed by atoms with Crippen molar-refractivity contribution in [2.75, 3.05) is 19.6 Å². The standard InChI is InChI=1S/C20H27N7O2/c1-24-17-7-6-15(12-18(17)25(2)20(24)29)13-21-19(28)16-14-27(23-22-16)11-10-26-8-4-3-5-9-26/h6-7,12,14H,3-5,8-11,13H2,1-2H3,(H,21,28). The fraction of sp³-hybridized carbons (Fsp3) is 0.500. The van der Waals surface area contributed by atoms with Crippen molar-refractivity contribution in [3.8, 4) is 0 Å². The van der Waals surface area contributed by atoms with Gasteiger partial charge in [0, 0.05) is 27.2 Å². The lowest BCUT2D eigenvalue weighted by Crippen LogP contribution is -2.32. The molecule has 0 radical (unpaired) electrons. The molecule has 1 N–H and O–H groups in total. The second kappa shape index (κ2) is 8.20. The minimum Gasteiger partial charge on any atom is -0.347 e. The topological polar surface area (TPSA) is 90.0 Å². The number of hydrogen-bond acceptors (Lipinski definition) is 5. The van der Waals surface area contributed by atoms with Gasteiger partial charge in [-0.2, -0.15) is 0 Å². The number of amides is 1. The average Bonchev–Trinajstić information content (AvgIpc) is 3.31. The normalized spacial score (nSPS) is 15.1. The third-order valence-electron chi connectivity index (χ3n) is 5.65. The highest BCUT2D eigenvalue weighted by Gasteiger charge is 2.14. The number of nitrogens with one attached hydrogen (secondary N) is 1. The second-order valence-electron chi connectivity index (χ2n) is 7.68. The summed E-state index contributed by atoms with van der Waals surface area (Å²) in [5, 5.41) is 11.0. The summed E-state index contributed by atoms with van der Waals surface area (Å²) in [7, 11) is 3.50. The van der Waals surface area contributed by atoms with Crippen molar-refractivity contribution in [1.82, 2.24) is 34.3 Å². The van der Waals surface area contributed by atoms with Crippen LogP contribution in [0.25, 0.3) is 11.0 Å². The predicted octanol–water partition coefficient (Wildman–Crippen LogP) is 0.884. The Kier molecular flexibility index (Phi) is 5.48. The Morgan fingerprint density at radius 1 is 1.07 bits per heavy atom. The summed E-state index contributed by atoms with van der Waals surface area (Å²) in [6.45, 7) is 4.30. The van der Waals surface area contributed by atoms with E-state index in [1.165, 1.54) is 19.3 Å². The minimum absolute atomic E-state index is 0.0673. The molecular weight excluding hydrogens is 370 g/mol. The van der Waals surface area contributed by atoms with Gasteiger partial charge >= 0.3 is 5.69 Å². The van der Waals surface area contributed by atoms with E-state index < -0.39 is 0 Å². The van der Waals surface area contributed by atoms with Gasteiger partial charge < -0.3 is 10.2 Å². The Morgan fingerprint density at radius 2 is 1.83 bits per heavy atom. The van der Waals surface area contributed by atoms with Gasteiger partial charge in [0.25, 0.3) is 5.91 Å². The summed E-state index contributed by atoms with van der Waals surface area (Å²) in [5.74, 6) is -0.253. The molecule has 1 saturated heterocycles. The number of rotatable bonds is 6. The van der Waals surface area contributed by atoms with Crippen LogP contribution in [0.3, 0.4) is 0 Å². The first kappa shape index (κ1) is 19.4. The molecule has 154 valence electrons. The molecule has 0 bridgehead atoms. The van der Waals surface area contributed by atoms with E-state index in [-0.39, 0.29) is 11.6 Å². The molecule has 1 fully saturated rings. The minimum atomic E-state index is -0.253. The van der Waals surface area contributed by atoms with Crippen LogP contribution >= 0.6 is 0 Å². The molecule has 0 saturated carbocycles. The lowest BCUT2D eigenvalue weighted by molar-refractivity contribution is 0.0946. The third kappa shape index (κ3) is 4.09. The molecule has 3 heterocycles. The molecule has 1 aromatic carbocycles. The molecule has 0 atom stereocenters. The lowest BCUT2D eigenvalue weighted by Gasteiger charge is -2.25. The zero-order chi connectivity index (χ0) is 20.4. The van der Waals surface area contributed by atoms with Crippen LogP contribution < -0.4 is 11.0 Å². The van der Waals surface area contributed by atoms with Gasteiger partial charge in [0.2, 0.25) is 0 Å². The molecule has 9 heteroatoms. The van der Waals surface area contributed by atoms with Crippen LogP contribution in [-0.2, 0) is 27.2 Å². The molecule has 9 nitrogen and oxygen atoms in total. The van der Waals surface area contributed by atoms with Gasteiger partial charge in [0.15, 0.2) is 5.69 Å². The van der Waals surface area contributed by atoms with Gasteiger partial charge in [-0.15, -0.1) is 5.10 Å². The SMILES string of the molecule is Cn1c(=O)n(C)c2cc(CNC(=O)c3cn(CCN4CCCCC4)nn3)ccc21. The predicted molar refractivity (Wildman–Crippen MR) is 110 cm³/mol. The second-order valence-corrected chi connectivity index (χ2v) is 7.68. The average molecular weight is 397 g/mol. The molecule has 1 amide bonds. The summed E-state index contributed by atoms with van der Waals surface area (Å²) in [4.78, 5) is 26.9. The summed E-state index contributed by atoms with van der Waals surface area (Å²) >= 11 is 0. The number of fused-ring (bicyclic) bond motifs is 1. The van der Waals surface area contributed by atoms with E-state index in [9.17, 15) is 9.59 Å². The number of aromatic nitrogens is 5. The van der Waals surface area contributed by atoms with Crippen LogP contribution in [0.1, 0.15) is 35.3 Å². The highest BCUT2D eigenvalue weighted by molar-refractivity contribution is 5.91.